The van der Waals surface area contributed by atoms with Crippen molar-refractivity contribution in [2.75, 3.05) is 13.1 Å². The third kappa shape index (κ3) is 1.46. The van der Waals surface area contributed by atoms with Gasteiger partial charge in [0.25, 0.3) is 0 Å². The van der Waals surface area contributed by atoms with Crippen LogP contribution in [0.3, 0.4) is 0 Å². The predicted molar refractivity (Wildman–Crippen MR) is 62.6 cm³/mol. The van der Waals surface area contributed by atoms with E-state index < -0.39 is 0 Å². The third-order valence-corrected chi connectivity index (χ3v) is 3.96. The van der Waals surface area contributed by atoms with E-state index in [0.717, 1.165) is 47.9 Å². The van der Waals surface area contributed by atoms with Gasteiger partial charge < -0.3 is 10.1 Å². The molecule has 0 amide bonds. The second-order valence-corrected chi connectivity index (χ2v) is 5.00. The highest BCUT2D eigenvalue weighted by Crippen LogP contribution is 2.42. The quantitative estimate of drug-likeness (QED) is 0.752. The topological polar surface area (TPSA) is 34.1 Å². The molecule has 0 aromatic carbocycles. The van der Waals surface area contributed by atoms with Crippen LogP contribution in [0.2, 0.25) is 5.02 Å². The van der Waals surface area contributed by atoms with E-state index in [-0.39, 0.29) is 5.60 Å². The maximum atomic E-state index is 6.09. The van der Waals surface area contributed by atoms with Crippen molar-refractivity contribution in [2.24, 2.45) is 0 Å². The van der Waals surface area contributed by atoms with E-state index in [1.165, 1.54) is 0 Å². The second kappa shape index (κ2) is 3.69. The Labute approximate surface area is 100 Å². The number of halogens is 1. The van der Waals surface area contributed by atoms with E-state index in [4.69, 9.17) is 16.3 Å². The lowest BCUT2D eigenvalue weighted by Gasteiger charge is -2.33. The van der Waals surface area contributed by atoms with Crippen LogP contribution in [0.4, 0.5) is 0 Å². The lowest BCUT2D eigenvalue weighted by molar-refractivity contribution is -0.0612. The van der Waals surface area contributed by atoms with Crippen LogP contribution in [0, 0.1) is 6.92 Å². The average molecular weight is 239 g/mol. The minimum Gasteiger partial charge on any atom is -0.364 e. The van der Waals surface area contributed by atoms with Crippen molar-refractivity contribution in [1.29, 1.82) is 0 Å². The standard InChI is InChI=1S/C12H15ClN2O/c1-8-10(13)6-9-7-16-12(11(9)15-8)2-4-14-5-3-12/h6,14H,2-5,7H2,1H3. The molecule has 1 saturated heterocycles. The van der Waals surface area contributed by atoms with Gasteiger partial charge in [0.15, 0.2) is 0 Å². The van der Waals surface area contributed by atoms with E-state index in [1.807, 2.05) is 13.0 Å². The third-order valence-electron chi connectivity index (χ3n) is 3.58. The van der Waals surface area contributed by atoms with Gasteiger partial charge in [0.05, 0.1) is 23.0 Å². The summed E-state index contributed by atoms with van der Waals surface area (Å²) in [5.41, 5.74) is 3.05. The van der Waals surface area contributed by atoms with Gasteiger partial charge in [-0.25, -0.2) is 0 Å². The number of nitrogens with zero attached hydrogens (tertiary/aromatic N) is 1. The first-order valence-electron chi connectivity index (χ1n) is 5.72. The Morgan fingerprint density at radius 3 is 2.94 bits per heavy atom. The lowest BCUT2D eigenvalue weighted by atomic mass is 9.88. The van der Waals surface area contributed by atoms with Gasteiger partial charge in [-0.3, -0.25) is 4.98 Å². The van der Waals surface area contributed by atoms with Crippen molar-refractivity contribution in [3.05, 3.63) is 28.0 Å². The number of ether oxygens (including phenoxy) is 1. The summed E-state index contributed by atoms with van der Waals surface area (Å²) in [5, 5.41) is 4.10. The molecule has 0 aliphatic carbocycles. The molecule has 2 aliphatic heterocycles. The van der Waals surface area contributed by atoms with E-state index in [0.29, 0.717) is 6.61 Å². The van der Waals surface area contributed by atoms with Gasteiger partial charge in [0.1, 0.15) is 5.60 Å². The summed E-state index contributed by atoms with van der Waals surface area (Å²) in [6.07, 6.45) is 2.02. The largest absolute Gasteiger partial charge is 0.364 e. The van der Waals surface area contributed by atoms with Crippen LogP contribution in [-0.4, -0.2) is 18.1 Å². The smallest absolute Gasteiger partial charge is 0.113 e. The monoisotopic (exact) mass is 238 g/mol. The molecule has 86 valence electrons. The van der Waals surface area contributed by atoms with Crippen molar-refractivity contribution in [3.8, 4) is 0 Å². The highest BCUT2D eigenvalue weighted by atomic mass is 35.5. The first-order valence-corrected chi connectivity index (χ1v) is 6.10. The zero-order valence-electron chi connectivity index (χ0n) is 9.35. The Morgan fingerprint density at radius 2 is 2.19 bits per heavy atom. The predicted octanol–water partition coefficient (Wildman–Crippen LogP) is 2.15. The van der Waals surface area contributed by atoms with Crippen LogP contribution < -0.4 is 5.32 Å². The molecule has 1 N–H and O–H groups in total. The molecule has 3 rings (SSSR count). The zero-order valence-corrected chi connectivity index (χ0v) is 10.1. The summed E-state index contributed by atoms with van der Waals surface area (Å²) in [6, 6.07) is 2.01. The molecule has 0 bridgehead atoms. The molecular formula is C12H15ClN2O. The Hall–Kier alpha value is -0.640. The molecule has 1 spiro atoms. The number of fused-ring (bicyclic) bond motifs is 2. The molecule has 0 unspecified atom stereocenters. The van der Waals surface area contributed by atoms with E-state index in [1.54, 1.807) is 0 Å². The highest BCUT2D eigenvalue weighted by Gasteiger charge is 2.42. The van der Waals surface area contributed by atoms with E-state index in [2.05, 4.69) is 10.3 Å². The first-order chi connectivity index (χ1) is 7.71. The van der Waals surface area contributed by atoms with Crippen LogP contribution in [0.25, 0.3) is 0 Å². The van der Waals surface area contributed by atoms with Crippen LogP contribution in [0.1, 0.15) is 29.8 Å². The number of piperidine rings is 1. The fourth-order valence-electron chi connectivity index (χ4n) is 2.62. The van der Waals surface area contributed by atoms with Crippen molar-refractivity contribution < 1.29 is 4.74 Å². The number of pyridine rings is 1. The molecule has 1 fully saturated rings. The number of hydrogen-bond donors (Lipinski definition) is 1. The van der Waals surface area contributed by atoms with Crippen molar-refractivity contribution in [1.82, 2.24) is 10.3 Å². The van der Waals surface area contributed by atoms with E-state index >= 15 is 0 Å². The van der Waals surface area contributed by atoms with Crippen LogP contribution in [0.15, 0.2) is 6.07 Å². The maximum Gasteiger partial charge on any atom is 0.113 e. The number of aryl methyl sites for hydroxylation is 1. The molecule has 0 radical (unpaired) electrons. The van der Waals surface area contributed by atoms with Crippen LogP contribution in [0.5, 0.6) is 0 Å². The SMILES string of the molecule is Cc1nc2c(cc1Cl)COC21CCNCC1. The molecule has 3 nitrogen and oxygen atoms in total. The van der Waals surface area contributed by atoms with Gasteiger partial charge in [-0.15, -0.1) is 0 Å². The summed E-state index contributed by atoms with van der Waals surface area (Å²) < 4.78 is 6.00. The van der Waals surface area contributed by atoms with Crippen molar-refractivity contribution >= 4 is 11.6 Å². The summed E-state index contributed by atoms with van der Waals surface area (Å²) in [5.74, 6) is 0. The fourth-order valence-corrected chi connectivity index (χ4v) is 2.79. The van der Waals surface area contributed by atoms with Crippen molar-refractivity contribution in [3.63, 3.8) is 0 Å². The molecular weight excluding hydrogens is 224 g/mol. The van der Waals surface area contributed by atoms with Crippen LogP contribution >= 0.6 is 11.6 Å². The molecule has 4 heteroatoms. The summed E-state index contributed by atoms with van der Waals surface area (Å²) in [4.78, 5) is 4.65. The number of hydrogen-bond acceptors (Lipinski definition) is 3. The minimum absolute atomic E-state index is 0.143. The first kappa shape index (κ1) is 10.5. The van der Waals surface area contributed by atoms with Crippen molar-refractivity contribution in [2.45, 2.75) is 32.0 Å². The molecule has 1 aromatic heterocycles. The fraction of sp³-hybridized carbons (Fsp3) is 0.583. The zero-order chi connectivity index (χ0) is 11.2. The van der Waals surface area contributed by atoms with Gasteiger partial charge >= 0.3 is 0 Å². The number of rotatable bonds is 0. The summed E-state index contributed by atoms with van der Waals surface area (Å²) >= 11 is 6.09. The van der Waals surface area contributed by atoms with Gasteiger partial charge in [0.2, 0.25) is 0 Å². The average Bonchev–Trinajstić information content (AvgIpc) is 2.60. The number of nitrogens with one attached hydrogen (secondary N) is 1. The Morgan fingerprint density at radius 1 is 1.44 bits per heavy atom. The maximum absolute atomic E-state index is 6.09. The van der Waals surface area contributed by atoms with Crippen LogP contribution in [-0.2, 0) is 16.9 Å². The van der Waals surface area contributed by atoms with Gasteiger partial charge in [-0.1, -0.05) is 11.6 Å². The molecule has 0 saturated carbocycles. The Kier molecular flexibility index (Phi) is 2.42. The van der Waals surface area contributed by atoms with Gasteiger partial charge in [-0.05, 0) is 38.9 Å². The highest BCUT2D eigenvalue weighted by molar-refractivity contribution is 6.31. The summed E-state index contributed by atoms with van der Waals surface area (Å²) in [7, 11) is 0. The van der Waals surface area contributed by atoms with Gasteiger partial charge in [-0.2, -0.15) is 0 Å². The Balaban J connectivity index is 2.07. The molecule has 0 atom stereocenters. The van der Waals surface area contributed by atoms with E-state index in [9.17, 15) is 0 Å². The molecule has 2 aliphatic rings. The molecule has 3 heterocycles. The summed E-state index contributed by atoms with van der Waals surface area (Å²) in [6.45, 7) is 4.61. The Bertz CT molecular complexity index is 427. The number of aromatic nitrogens is 1. The normalized spacial score (nSPS) is 22.4. The second-order valence-electron chi connectivity index (χ2n) is 4.60. The lowest BCUT2D eigenvalue weighted by Crippen LogP contribution is -2.40. The van der Waals surface area contributed by atoms with Gasteiger partial charge in [0, 0.05) is 5.56 Å². The minimum atomic E-state index is -0.143. The molecule has 1 aromatic rings. The molecule has 16 heavy (non-hydrogen) atoms.